The lowest BCUT2D eigenvalue weighted by molar-refractivity contribution is 0.409. The normalized spacial score (nSPS) is 11.2. The first-order valence-corrected chi connectivity index (χ1v) is 6.26. The minimum Gasteiger partial charge on any atom is -0.375 e. The molecular weight excluding hydrogens is 236 g/mol. The molecule has 0 aromatic carbocycles. The number of nitrogens with two attached hydrogens (primary N) is 1. The number of aromatic amines is 1. The number of hydrogen-bond acceptors (Lipinski definition) is 6. The number of nitrogens with one attached hydrogen (secondary N) is 1. The van der Waals surface area contributed by atoms with Crippen LogP contribution in [0.5, 0.6) is 0 Å². The Kier molecular flexibility index (Phi) is 3.70. The number of aromatic nitrogens is 4. The molecule has 0 saturated carbocycles. The van der Waals surface area contributed by atoms with Crippen molar-refractivity contribution in [2.24, 2.45) is 0 Å². The minimum atomic E-state index is 0.590. The van der Waals surface area contributed by atoms with Crippen LogP contribution < -0.4 is 5.73 Å². The largest absolute Gasteiger partial charge is 0.375 e. The Bertz CT molecular complexity index is 475. The molecular formula is C10H16N6S. The standard InChI is InChI=1S/C10H16N6S/c1-16(2)4-3-8-13-9(15-14-8)5-7-6-17-10(11)12-7/h6H,3-5H2,1-2H3,(H2,11,12)(H,13,14,15). The number of H-pyrrole nitrogens is 1. The molecule has 0 aliphatic heterocycles. The second-order valence-corrected chi connectivity index (χ2v) is 5.00. The first-order valence-electron chi connectivity index (χ1n) is 5.38. The van der Waals surface area contributed by atoms with Gasteiger partial charge in [-0.15, -0.1) is 11.3 Å². The first-order chi connectivity index (χ1) is 8.13. The van der Waals surface area contributed by atoms with Crippen molar-refractivity contribution in [2.75, 3.05) is 26.4 Å². The molecule has 7 heteroatoms. The average Bonchev–Trinajstić information content (AvgIpc) is 2.86. The molecule has 92 valence electrons. The highest BCUT2D eigenvalue weighted by molar-refractivity contribution is 7.13. The molecule has 0 aliphatic carbocycles. The van der Waals surface area contributed by atoms with Crippen LogP contribution in [0.2, 0.25) is 0 Å². The van der Waals surface area contributed by atoms with Crippen molar-refractivity contribution in [1.82, 2.24) is 25.1 Å². The highest BCUT2D eigenvalue weighted by Crippen LogP contribution is 2.13. The summed E-state index contributed by atoms with van der Waals surface area (Å²) >= 11 is 1.44. The second kappa shape index (κ2) is 5.24. The molecule has 0 aliphatic rings. The van der Waals surface area contributed by atoms with Gasteiger partial charge in [0.2, 0.25) is 0 Å². The van der Waals surface area contributed by atoms with Crippen LogP contribution in [0.4, 0.5) is 5.13 Å². The van der Waals surface area contributed by atoms with Crippen LogP contribution in [0.3, 0.4) is 0 Å². The summed E-state index contributed by atoms with van der Waals surface area (Å²) in [7, 11) is 4.07. The van der Waals surface area contributed by atoms with Gasteiger partial charge in [-0.1, -0.05) is 0 Å². The molecule has 2 aromatic rings. The Morgan fingerprint density at radius 2 is 2.24 bits per heavy atom. The summed E-state index contributed by atoms with van der Waals surface area (Å²) in [6, 6.07) is 0. The van der Waals surface area contributed by atoms with Crippen LogP contribution in [0.15, 0.2) is 5.38 Å². The van der Waals surface area contributed by atoms with Gasteiger partial charge >= 0.3 is 0 Å². The summed E-state index contributed by atoms with van der Waals surface area (Å²) in [6.45, 7) is 0.945. The van der Waals surface area contributed by atoms with Gasteiger partial charge in [0.15, 0.2) is 11.0 Å². The maximum absolute atomic E-state index is 5.57. The second-order valence-electron chi connectivity index (χ2n) is 4.11. The smallest absolute Gasteiger partial charge is 0.180 e. The Morgan fingerprint density at radius 3 is 2.88 bits per heavy atom. The minimum absolute atomic E-state index is 0.590. The molecule has 0 spiro atoms. The van der Waals surface area contributed by atoms with E-state index < -0.39 is 0 Å². The van der Waals surface area contributed by atoms with Crippen LogP contribution in [-0.2, 0) is 12.8 Å². The van der Waals surface area contributed by atoms with E-state index in [1.165, 1.54) is 11.3 Å². The van der Waals surface area contributed by atoms with Crippen molar-refractivity contribution in [3.63, 3.8) is 0 Å². The van der Waals surface area contributed by atoms with E-state index in [2.05, 4.69) is 25.1 Å². The SMILES string of the molecule is CN(C)CCc1n[nH]c(Cc2csc(N)n2)n1. The number of nitrogen functional groups attached to an aromatic ring is 1. The van der Waals surface area contributed by atoms with Crippen molar-refractivity contribution in [3.05, 3.63) is 22.7 Å². The fourth-order valence-electron chi connectivity index (χ4n) is 1.42. The van der Waals surface area contributed by atoms with Crippen LogP contribution >= 0.6 is 11.3 Å². The molecule has 0 atom stereocenters. The topological polar surface area (TPSA) is 83.7 Å². The number of anilines is 1. The maximum atomic E-state index is 5.57. The molecule has 17 heavy (non-hydrogen) atoms. The van der Waals surface area contributed by atoms with Crippen LogP contribution in [-0.4, -0.2) is 45.7 Å². The van der Waals surface area contributed by atoms with Crippen molar-refractivity contribution in [3.8, 4) is 0 Å². The molecule has 3 N–H and O–H groups in total. The van der Waals surface area contributed by atoms with Gasteiger partial charge < -0.3 is 10.6 Å². The van der Waals surface area contributed by atoms with E-state index in [9.17, 15) is 0 Å². The van der Waals surface area contributed by atoms with Gasteiger partial charge in [0.05, 0.1) is 12.1 Å². The molecule has 0 amide bonds. The van der Waals surface area contributed by atoms with Gasteiger partial charge in [-0.25, -0.2) is 9.97 Å². The highest BCUT2D eigenvalue weighted by atomic mass is 32.1. The summed E-state index contributed by atoms with van der Waals surface area (Å²) in [5.41, 5.74) is 6.51. The lowest BCUT2D eigenvalue weighted by Crippen LogP contribution is -2.15. The third-order valence-electron chi connectivity index (χ3n) is 2.28. The molecule has 0 radical (unpaired) electrons. The van der Waals surface area contributed by atoms with Gasteiger partial charge in [-0.2, -0.15) is 5.10 Å². The molecule has 0 unspecified atom stereocenters. The van der Waals surface area contributed by atoms with Crippen LogP contribution in [0.1, 0.15) is 17.3 Å². The Hall–Kier alpha value is -1.47. The average molecular weight is 252 g/mol. The summed E-state index contributed by atoms with van der Waals surface area (Å²) < 4.78 is 0. The third-order valence-corrected chi connectivity index (χ3v) is 3.00. The molecule has 6 nitrogen and oxygen atoms in total. The zero-order valence-electron chi connectivity index (χ0n) is 9.97. The van der Waals surface area contributed by atoms with Crippen molar-refractivity contribution in [1.29, 1.82) is 0 Å². The quantitative estimate of drug-likeness (QED) is 0.811. The first kappa shape index (κ1) is 12.0. The fourth-order valence-corrected chi connectivity index (χ4v) is 1.99. The zero-order chi connectivity index (χ0) is 12.3. The lowest BCUT2D eigenvalue weighted by Gasteiger charge is -2.05. The van der Waals surface area contributed by atoms with E-state index >= 15 is 0 Å². The van der Waals surface area contributed by atoms with E-state index in [4.69, 9.17) is 5.73 Å². The number of rotatable bonds is 5. The summed E-state index contributed by atoms with van der Waals surface area (Å²) in [5.74, 6) is 1.68. The van der Waals surface area contributed by atoms with E-state index in [0.29, 0.717) is 11.6 Å². The van der Waals surface area contributed by atoms with Gasteiger partial charge in [0, 0.05) is 18.3 Å². The van der Waals surface area contributed by atoms with Gasteiger partial charge in [-0.3, -0.25) is 5.10 Å². The predicted molar refractivity (Wildman–Crippen MR) is 68.0 cm³/mol. The number of hydrogen-bond donors (Lipinski definition) is 2. The maximum Gasteiger partial charge on any atom is 0.180 e. The Labute approximate surface area is 104 Å². The molecule has 0 saturated heterocycles. The van der Waals surface area contributed by atoms with Crippen LogP contribution in [0, 0.1) is 0 Å². The van der Waals surface area contributed by atoms with Crippen molar-refractivity contribution >= 4 is 16.5 Å². The van der Waals surface area contributed by atoms with E-state index in [1.807, 2.05) is 19.5 Å². The summed E-state index contributed by atoms with van der Waals surface area (Å²) in [5, 5.41) is 9.64. The van der Waals surface area contributed by atoms with Gasteiger partial charge in [0.1, 0.15) is 5.82 Å². The van der Waals surface area contributed by atoms with Crippen molar-refractivity contribution < 1.29 is 0 Å². The highest BCUT2D eigenvalue weighted by Gasteiger charge is 2.06. The molecule has 0 fully saturated rings. The molecule has 2 heterocycles. The third kappa shape index (κ3) is 3.50. The molecule has 2 rings (SSSR count). The van der Waals surface area contributed by atoms with E-state index in [1.54, 1.807) is 0 Å². The van der Waals surface area contributed by atoms with Gasteiger partial charge in [0.25, 0.3) is 0 Å². The monoisotopic (exact) mass is 252 g/mol. The predicted octanol–water partition coefficient (Wildman–Crippen LogP) is 0.538. The van der Waals surface area contributed by atoms with Crippen LogP contribution in [0.25, 0.3) is 0 Å². The van der Waals surface area contributed by atoms with Crippen molar-refractivity contribution in [2.45, 2.75) is 12.8 Å². The Morgan fingerprint density at radius 1 is 1.41 bits per heavy atom. The number of nitrogens with zero attached hydrogens (tertiary/aromatic N) is 4. The number of thiazole rings is 1. The summed E-state index contributed by atoms with van der Waals surface area (Å²) in [4.78, 5) is 10.7. The van der Waals surface area contributed by atoms with E-state index in [0.717, 1.165) is 30.3 Å². The fraction of sp³-hybridized carbons (Fsp3) is 0.500. The van der Waals surface area contributed by atoms with Gasteiger partial charge in [-0.05, 0) is 14.1 Å². The summed E-state index contributed by atoms with van der Waals surface area (Å²) in [6.07, 6.45) is 1.51. The van der Waals surface area contributed by atoms with E-state index in [-0.39, 0.29) is 0 Å². The number of likely N-dealkylation sites (N-methyl/N-ethyl adjacent to an activating group) is 1. The molecule has 0 bridgehead atoms. The lowest BCUT2D eigenvalue weighted by atomic mass is 10.3. The molecule has 2 aromatic heterocycles. The zero-order valence-corrected chi connectivity index (χ0v) is 10.8. The Balaban J connectivity index is 1.94.